The predicted octanol–water partition coefficient (Wildman–Crippen LogP) is 4.02. The zero-order valence-electron chi connectivity index (χ0n) is 8.18. The van der Waals surface area contributed by atoms with Gasteiger partial charge in [-0.05, 0) is 24.0 Å². The lowest BCUT2D eigenvalue weighted by atomic mass is 9.86. The largest absolute Gasteiger partial charge is 0.139 e. The first-order valence-corrected chi connectivity index (χ1v) is 5.45. The van der Waals surface area contributed by atoms with Crippen molar-refractivity contribution in [3.05, 3.63) is 22.4 Å². The van der Waals surface area contributed by atoms with Crippen molar-refractivity contribution in [2.75, 3.05) is 0 Å². The van der Waals surface area contributed by atoms with E-state index in [4.69, 9.17) is 0 Å². The van der Waals surface area contributed by atoms with Crippen LogP contribution in [0, 0.1) is 5.38 Å². The van der Waals surface area contributed by atoms with E-state index in [-0.39, 0.29) is 0 Å². The maximum absolute atomic E-state index is 3.15. The number of hydrogen-bond acceptors (Lipinski definition) is 1. The predicted molar refractivity (Wildman–Crippen MR) is 55.7 cm³/mol. The van der Waals surface area contributed by atoms with Crippen LogP contribution in [0.2, 0.25) is 0 Å². The number of hydrogen-bond donors (Lipinski definition) is 0. The van der Waals surface area contributed by atoms with Crippen LogP contribution in [-0.2, 0) is 5.41 Å². The molecule has 0 saturated carbocycles. The molecule has 0 amide bonds. The van der Waals surface area contributed by atoms with Gasteiger partial charge in [0.25, 0.3) is 0 Å². The average Bonchev–Trinajstić information content (AvgIpc) is 2.53. The zero-order valence-corrected chi connectivity index (χ0v) is 9.00. The molecule has 12 heavy (non-hydrogen) atoms. The molecule has 0 atom stereocenters. The maximum atomic E-state index is 3.15. The summed E-state index contributed by atoms with van der Waals surface area (Å²) in [7, 11) is 0. The Hall–Kier alpha value is -0.300. The summed E-state index contributed by atoms with van der Waals surface area (Å²) in [6.45, 7) is 6.89. The molecule has 0 aliphatic carbocycles. The third kappa shape index (κ3) is 2.34. The van der Waals surface area contributed by atoms with Crippen LogP contribution in [0.5, 0.6) is 0 Å². The van der Waals surface area contributed by atoms with Gasteiger partial charge in [-0.2, -0.15) is 0 Å². The molecule has 1 heteroatoms. The highest BCUT2D eigenvalue weighted by molar-refractivity contribution is 7.09. The fourth-order valence-electron chi connectivity index (χ4n) is 1.35. The van der Waals surface area contributed by atoms with Crippen molar-refractivity contribution < 1.29 is 0 Å². The van der Waals surface area contributed by atoms with Gasteiger partial charge in [-0.25, -0.2) is 0 Å². The highest BCUT2D eigenvalue weighted by atomic mass is 32.1. The van der Waals surface area contributed by atoms with Crippen LogP contribution >= 0.6 is 11.3 Å². The van der Waals surface area contributed by atoms with E-state index < -0.39 is 0 Å². The first-order chi connectivity index (χ1) is 5.67. The van der Waals surface area contributed by atoms with E-state index in [1.165, 1.54) is 24.1 Å². The normalized spacial score (nSPS) is 11.9. The molecule has 0 N–H and O–H groups in total. The highest BCUT2D eigenvalue weighted by Gasteiger charge is 2.20. The second kappa shape index (κ2) is 4.08. The maximum Gasteiger partial charge on any atom is 0.0445 e. The van der Waals surface area contributed by atoms with Gasteiger partial charge in [0.2, 0.25) is 0 Å². The minimum Gasteiger partial charge on any atom is -0.139 e. The van der Waals surface area contributed by atoms with Gasteiger partial charge in [-0.3, -0.25) is 0 Å². The molecule has 1 heterocycles. The first kappa shape index (κ1) is 9.79. The second-order valence-electron chi connectivity index (χ2n) is 3.90. The summed E-state index contributed by atoms with van der Waals surface area (Å²) in [6, 6.07) is 4.22. The molecule has 1 rings (SSSR count). The molecule has 1 aromatic rings. The van der Waals surface area contributed by atoms with Crippen LogP contribution in [0.3, 0.4) is 0 Å². The number of rotatable bonds is 4. The van der Waals surface area contributed by atoms with Gasteiger partial charge in [0.05, 0.1) is 0 Å². The average molecular weight is 181 g/mol. The molecule has 0 aliphatic heterocycles. The summed E-state index contributed by atoms with van der Waals surface area (Å²) in [6.07, 6.45) is 3.90. The van der Waals surface area contributed by atoms with Crippen molar-refractivity contribution in [2.45, 2.75) is 45.4 Å². The molecule has 1 radical (unpaired) electrons. The van der Waals surface area contributed by atoms with Gasteiger partial charge in [-0.15, -0.1) is 11.3 Å². The van der Waals surface area contributed by atoms with E-state index in [1.54, 1.807) is 11.3 Å². The van der Waals surface area contributed by atoms with Crippen molar-refractivity contribution >= 4 is 11.3 Å². The molecule has 1 aromatic heterocycles. The summed E-state index contributed by atoms with van der Waals surface area (Å²) in [5.41, 5.74) is 0.362. The van der Waals surface area contributed by atoms with E-state index in [0.29, 0.717) is 5.41 Å². The Kier molecular flexibility index (Phi) is 3.33. The molecule has 67 valence electrons. The Labute approximate surface area is 79.6 Å². The van der Waals surface area contributed by atoms with Crippen LogP contribution in [0.15, 0.2) is 12.1 Å². The first-order valence-electron chi connectivity index (χ1n) is 4.63. The second-order valence-corrected chi connectivity index (χ2v) is 4.78. The standard InChI is InChI=1S/C11H17S/c1-4-5-8-11(2,3)10-7-6-9-12-10/h6-7H,4-5,8H2,1-3H3. The lowest BCUT2D eigenvalue weighted by molar-refractivity contribution is 0.466. The number of unbranched alkanes of at least 4 members (excludes halogenated alkanes) is 1. The molecule has 0 saturated heterocycles. The molecule has 0 bridgehead atoms. The third-order valence-corrected chi connectivity index (χ3v) is 3.46. The quantitative estimate of drug-likeness (QED) is 0.658. The Morgan fingerprint density at radius 3 is 2.75 bits per heavy atom. The van der Waals surface area contributed by atoms with Gasteiger partial charge >= 0.3 is 0 Å². The summed E-state index contributed by atoms with van der Waals surface area (Å²) in [4.78, 5) is 1.47. The zero-order chi connectivity index (χ0) is 9.03. The molecule has 0 nitrogen and oxygen atoms in total. The smallest absolute Gasteiger partial charge is 0.0445 e. The minimum atomic E-state index is 0.362. The van der Waals surface area contributed by atoms with Crippen LogP contribution in [-0.4, -0.2) is 0 Å². The lowest BCUT2D eigenvalue weighted by Gasteiger charge is -2.22. The van der Waals surface area contributed by atoms with E-state index in [1.807, 2.05) is 6.07 Å². The SMILES string of the molecule is CCCCC(C)(C)c1cc[c]s1. The lowest BCUT2D eigenvalue weighted by Crippen LogP contribution is -2.14. The molecule has 0 aromatic carbocycles. The molecule has 0 aliphatic rings. The van der Waals surface area contributed by atoms with Crippen molar-refractivity contribution in [1.29, 1.82) is 0 Å². The van der Waals surface area contributed by atoms with Crippen LogP contribution in [0.4, 0.5) is 0 Å². The fourth-order valence-corrected chi connectivity index (χ4v) is 2.12. The molecule has 0 fully saturated rings. The van der Waals surface area contributed by atoms with Gasteiger partial charge in [0, 0.05) is 10.3 Å². The van der Waals surface area contributed by atoms with Crippen molar-refractivity contribution in [2.24, 2.45) is 0 Å². The summed E-state index contributed by atoms with van der Waals surface area (Å²) in [5, 5.41) is 3.15. The Morgan fingerprint density at radius 2 is 2.25 bits per heavy atom. The monoisotopic (exact) mass is 181 g/mol. The molecule has 0 spiro atoms. The van der Waals surface area contributed by atoms with Gasteiger partial charge in [0.15, 0.2) is 0 Å². The van der Waals surface area contributed by atoms with Gasteiger partial charge in [-0.1, -0.05) is 33.6 Å². The van der Waals surface area contributed by atoms with Crippen molar-refractivity contribution in [3.8, 4) is 0 Å². The summed E-state index contributed by atoms with van der Waals surface area (Å²) >= 11 is 1.76. The number of thiophene rings is 1. The Morgan fingerprint density at radius 1 is 1.50 bits per heavy atom. The molecular formula is C11H17S. The Bertz CT molecular complexity index is 209. The summed E-state index contributed by atoms with van der Waals surface area (Å²) < 4.78 is 0. The minimum absolute atomic E-state index is 0.362. The topological polar surface area (TPSA) is 0 Å². The van der Waals surface area contributed by atoms with Crippen LogP contribution in [0.1, 0.15) is 44.9 Å². The van der Waals surface area contributed by atoms with E-state index in [0.717, 1.165) is 0 Å². The molecular weight excluding hydrogens is 164 g/mol. The Balaban J connectivity index is 2.59. The summed E-state index contributed by atoms with van der Waals surface area (Å²) in [5.74, 6) is 0. The van der Waals surface area contributed by atoms with Crippen LogP contribution < -0.4 is 0 Å². The van der Waals surface area contributed by atoms with Crippen LogP contribution in [0.25, 0.3) is 0 Å². The fraction of sp³-hybridized carbons (Fsp3) is 0.636. The van der Waals surface area contributed by atoms with Crippen molar-refractivity contribution in [1.82, 2.24) is 0 Å². The third-order valence-electron chi connectivity index (χ3n) is 2.29. The van der Waals surface area contributed by atoms with Gasteiger partial charge < -0.3 is 0 Å². The highest BCUT2D eigenvalue weighted by Crippen LogP contribution is 2.31. The van der Waals surface area contributed by atoms with Gasteiger partial charge in [0.1, 0.15) is 0 Å². The molecule has 0 unspecified atom stereocenters. The van der Waals surface area contributed by atoms with E-state index in [9.17, 15) is 0 Å². The van der Waals surface area contributed by atoms with E-state index in [2.05, 4.69) is 32.2 Å². The van der Waals surface area contributed by atoms with Crippen molar-refractivity contribution in [3.63, 3.8) is 0 Å². The van der Waals surface area contributed by atoms with E-state index >= 15 is 0 Å².